The minimum Gasteiger partial charge on any atom is -1.00 e. The van der Waals surface area contributed by atoms with Gasteiger partial charge in [0.1, 0.15) is 0 Å². The van der Waals surface area contributed by atoms with Gasteiger partial charge in [-0.25, -0.2) is 0 Å². The molecular formula is C37H36IN3S. The Kier molecular flexibility index (Phi) is 8.70. The van der Waals surface area contributed by atoms with E-state index >= 15 is 0 Å². The molecule has 42 heavy (non-hydrogen) atoms. The van der Waals surface area contributed by atoms with Crippen LogP contribution in [0.3, 0.4) is 0 Å². The van der Waals surface area contributed by atoms with Crippen LogP contribution in [0.5, 0.6) is 0 Å². The minimum absolute atomic E-state index is 0. The summed E-state index contributed by atoms with van der Waals surface area (Å²) in [6, 6.07) is 38.0. The SMILES string of the molecule is CCN(CC)Cc1ccc(-c2cc(C=C3Sc4cccc5c4N3CCC5)c3ccccc3[n+]2-c2ccccc2)cc1.[I-]. The molecule has 0 saturated heterocycles. The van der Waals surface area contributed by atoms with Crippen LogP contribution in [0.4, 0.5) is 5.69 Å². The molecule has 2 aliphatic heterocycles. The summed E-state index contributed by atoms with van der Waals surface area (Å²) in [6.07, 6.45) is 4.80. The molecule has 5 heteroatoms. The third kappa shape index (κ3) is 5.38. The molecule has 0 amide bonds. The van der Waals surface area contributed by atoms with Gasteiger partial charge in [-0.1, -0.05) is 80.2 Å². The van der Waals surface area contributed by atoms with Gasteiger partial charge in [0, 0.05) is 47.8 Å². The number of thioether (sulfide) groups is 1. The largest absolute Gasteiger partial charge is 1.00 e. The number of fused-ring (bicyclic) bond motifs is 1. The molecule has 0 fully saturated rings. The summed E-state index contributed by atoms with van der Waals surface area (Å²) < 4.78 is 2.42. The van der Waals surface area contributed by atoms with E-state index in [4.69, 9.17) is 0 Å². The van der Waals surface area contributed by atoms with Crippen LogP contribution in [0.2, 0.25) is 0 Å². The highest BCUT2D eigenvalue weighted by Gasteiger charge is 2.31. The van der Waals surface area contributed by atoms with Crippen LogP contribution >= 0.6 is 11.8 Å². The van der Waals surface area contributed by atoms with Crippen molar-refractivity contribution < 1.29 is 28.5 Å². The van der Waals surface area contributed by atoms with Crippen LogP contribution < -0.4 is 33.4 Å². The fourth-order valence-electron chi connectivity index (χ4n) is 6.33. The molecule has 2 aliphatic rings. The van der Waals surface area contributed by atoms with Gasteiger partial charge in [0.15, 0.2) is 0 Å². The summed E-state index contributed by atoms with van der Waals surface area (Å²) in [7, 11) is 0. The molecule has 1 aromatic heterocycles. The lowest BCUT2D eigenvalue weighted by molar-refractivity contribution is -0.555. The van der Waals surface area contributed by atoms with Crippen molar-refractivity contribution >= 4 is 34.4 Å². The molecule has 4 aromatic carbocycles. The first-order valence-electron chi connectivity index (χ1n) is 14.9. The van der Waals surface area contributed by atoms with Gasteiger partial charge >= 0.3 is 0 Å². The van der Waals surface area contributed by atoms with Crippen molar-refractivity contribution in [2.24, 2.45) is 0 Å². The second-order valence-corrected chi connectivity index (χ2v) is 12.0. The Morgan fingerprint density at radius 3 is 2.40 bits per heavy atom. The molecule has 0 aliphatic carbocycles. The Bertz CT molecular complexity index is 1740. The topological polar surface area (TPSA) is 10.4 Å². The first-order chi connectivity index (χ1) is 20.2. The molecule has 0 bridgehead atoms. The molecule has 0 radical (unpaired) electrons. The van der Waals surface area contributed by atoms with E-state index in [0.717, 1.165) is 26.2 Å². The van der Waals surface area contributed by atoms with Gasteiger partial charge in [0.25, 0.3) is 0 Å². The van der Waals surface area contributed by atoms with Gasteiger partial charge in [-0.15, -0.1) is 0 Å². The zero-order chi connectivity index (χ0) is 27.8. The highest BCUT2D eigenvalue weighted by atomic mass is 127. The van der Waals surface area contributed by atoms with Crippen molar-refractivity contribution in [2.45, 2.75) is 38.1 Å². The number of anilines is 1. The maximum absolute atomic E-state index is 2.55. The van der Waals surface area contributed by atoms with Gasteiger partial charge in [-0.3, -0.25) is 4.90 Å². The number of halogens is 1. The van der Waals surface area contributed by atoms with Crippen molar-refractivity contribution in [3.63, 3.8) is 0 Å². The zero-order valence-electron chi connectivity index (χ0n) is 24.3. The Labute approximate surface area is 270 Å². The number of aromatic nitrogens is 1. The lowest BCUT2D eigenvalue weighted by atomic mass is 10.0. The number of hydrogen-bond donors (Lipinski definition) is 0. The Morgan fingerprint density at radius 2 is 1.62 bits per heavy atom. The predicted octanol–water partition coefficient (Wildman–Crippen LogP) is 5.49. The van der Waals surface area contributed by atoms with Crippen molar-refractivity contribution in [1.29, 1.82) is 0 Å². The second kappa shape index (κ2) is 12.6. The first-order valence-corrected chi connectivity index (χ1v) is 15.7. The third-order valence-electron chi connectivity index (χ3n) is 8.49. The monoisotopic (exact) mass is 681 g/mol. The number of hydrogen-bond acceptors (Lipinski definition) is 3. The quantitative estimate of drug-likeness (QED) is 0.167. The smallest absolute Gasteiger partial charge is 0.219 e. The molecule has 0 unspecified atom stereocenters. The average Bonchev–Trinajstić information content (AvgIpc) is 3.39. The highest BCUT2D eigenvalue weighted by molar-refractivity contribution is 8.03. The molecule has 3 heterocycles. The molecule has 212 valence electrons. The normalized spacial score (nSPS) is 14.8. The van der Waals surface area contributed by atoms with E-state index in [1.54, 1.807) is 0 Å². The van der Waals surface area contributed by atoms with Crippen LogP contribution in [0.15, 0.2) is 113 Å². The number of rotatable bonds is 7. The van der Waals surface area contributed by atoms with E-state index in [1.165, 1.54) is 73.0 Å². The summed E-state index contributed by atoms with van der Waals surface area (Å²) in [4.78, 5) is 6.40. The van der Waals surface area contributed by atoms with Crippen LogP contribution in [0.1, 0.15) is 37.0 Å². The summed E-state index contributed by atoms with van der Waals surface area (Å²) in [5.41, 5.74) is 10.4. The number of pyridine rings is 1. The molecule has 7 rings (SSSR count). The van der Waals surface area contributed by atoms with E-state index < -0.39 is 0 Å². The molecule has 0 N–H and O–H groups in total. The standard InChI is InChI=1S/C37H36N3S.HI/c1-3-38(4-2)26-27-19-21-28(22-20-27)34-24-30(25-36-39-23-11-13-29-12-10-18-35(41-36)37(29)39)32-16-8-9-17-33(32)40(34)31-14-6-5-7-15-31;/h5-10,12,14-22,24-25H,3-4,11,13,23,26H2,1-2H3;1H/q+1;/p-1. The van der Waals surface area contributed by atoms with E-state index in [2.05, 4.69) is 137 Å². The summed E-state index contributed by atoms with van der Waals surface area (Å²) >= 11 is 1.92. The molecule has 5 aromatic rings. The van der Waals surface area contributed by atoms with Crippen LogP contribution in [-0.4, -0.2) is 24.5 Å². The van der Waals surface area contributed by atoms with E-state index in [0.29, 0.717) is 0 Å². The summed E-state index contributed by atoms with van der Waals surface area (Å²) in [6.45, 7) is 8.66. The van der Waals surface area contributed by atoms with Crippen LogP contribution in [0, 0.1) is 0 Å². The first kappa shape index (κ1) is 29.0. The molecular weight excluding hydrogens is 645 g/mol. The van der Waals surface area contributed by atoms with Crippen LogP contribution in [-0.2, 0) is 13.0 Å². The van der Waals surface area contributed by atoms with Crippen molar-refractivity contribution in [1.82, 2.24) is 4.90 Å². The highest BCUT2D eigenvalue weighted by Crippen LogP contribution is 2.50. The second-order valence-electron chi connectivity index (χ2n) is 10.9. The maximum Gasteiger partial charge on any atom is 0.219 e. The minimum atomic E-state index is 0. The summed E-state index contributed by atoms with van der Waals surface area (Å²) in [5.74, 6) is 0. The van der Waals surface area contributed by atoms with Gasteiger partial charge in [0.2, 0.25) is 16.9 Å². The van der Waals surface area contributed by atoms with E-state index in [-0.39, 0.29) is 24.0 Å². The maximum atomic E-state index is 2.55. The van der Waals surface area contributed by atoms with E-state index in [9.17, 15) is 0 Å². The Balaban J connectivity index is 0.00000316. The molecule has 0 spiro atoms. The number of para-hydroxylation sites is 3. The number of aryl methyl sites for hydroxylation is 1. The summed E-state index contributed by atoms with van der Waals surface area (Å²) in [5, 5.41) is 2.59. The molecule has 0 saturated carbocycles. The Morgan fingerprint density at radius 1 is 0.857 bits per heavy atom. The van der Waals surface area contributed by atoms with Gasteiger partial charge in [0.05, 0.1) is 16.1 Å². The van der Waals surface area contributed by atoms with Gasteiger partial charge in [-0.2, -0.15) is 4.57 Å². The van der Waals surface area contributed by atoms with Crippen LogP contribution in [0.25, 0.3) is 33.9 Å². The number of nitrogens with zero attached hydrogens (tertiary/aromatic N) is 3. The van der Waals surface area contributed by atoms with Crippen molar-refractivity contribution in [3.8, 4) is 16.9 Å². The number of benzene rings is 4. The fourth-order valence-corrected chi connectivity index (χ4v) is 7.52. The fraction of sp³-hybridized carbons (Fsp3) is 0.216. The lowest BCUT2D eigenvalue weighted by Gasteiger charge is -2.27. The van der Waals surface area contributed by atoms with Gasteiger partial charge in [-0.05, 0) is 73.0 Å². The molecule has 0 atom stereocenters. The zero-order valence-corrected chi connectivity index (χ0v) is 27.2. The van der Waals surface area contributed by atoms with Crippen molar-refractivity contribution in [2.75, 3.05) is 24.5 Å². The van der Waals surface area contributed by atoms with Crippen molar-refractivity contribution in [3.05, 3.63) is 125 Å². The average molecular weight is 682 g/mol. The molecule has 3 nitrogen and oxygen atoms in total. The predicted molar refractivity (Wildman–Crippen MR) is 173 cm³/mol. The Hall–Kier alpha value is -3.13. The van der Waals surface area contributed by atoms with E-state index in [1.807, 2.05) is 11.8 Å². The third-order valence-corrected chi connectivity index (χ3v) is 9.59. The van der Waals surface area contributed by atoms with Gasteiger partial charge < -0.3 is 28.9 Å². The lowest BCUT2D eigenvalue weighted by Crippen LogP contribution is -3.00.